The fraction of sp³-hybridized carbons (Fsp3) is 0.833. The zero-order valence-electron chi connectivity index (χ0n) is 14.8. The molecule has 0 radical (unpaired) electrons. The summed E-state index contributed by atoms with van der Waals surface area (Å²) >= 11 is 0. The van der Waals surface area contributed by atoms with E-state index >= 15 is 0 Å². The molecule has 2 N–H and O–H groups in total. The van der Waals surface area contributed by atoms with Crippen molar-refractivity contribution in [3.05, 3.63) is 12.2 Å². The van der Waals surface area contributed by atoms with Crippen molar-refractivity contribution >= 4 is 5.78 Å². The van der Waals surface area contributed by atoms with Crippen LogP contribution >= 0.6 is 0 Å². The van der Waals surface area contributed by atoms with Crippen molar-refractivity contribution in [2.24, 2.45) is 5.92 Å². The van der Waals surface area contributed by atoms with Crippen molar-refractivity contribution in [3.63, 3.8) is 0 Å². The van der Waals surface area contributed by atoms with Crippen LogP contribution in [-0.2, 0) is 14.3 Å². The Labute approximate surface area is 139 Å². The first kappa shape index (κ1) is 20.3. The third-order valence-corrected chi connectivity index (χ3v) is 4.14. The topological polar surface area (TPSA) is 76.0 Å². The summed E-state index contributed by atoms with van der Waals surface area (Å²) in [4.78, 5) is 11.4. The highest BCUT2D eigenvalue weighted by molar-refractivity contribution is 5.91. The quantitative estimate of drug-likeness (QED) is 0.502. The fourth-order valence-corrected chi connectivity index (χ4v) is 2.45. The van der Waals surface area contributed by atoms with Gasteiger partial charge in [-0.2, -0.15) is 0 Å². The Balaban J connectivity index is 2.17. The van der Waals surface area contributed by atoms with E-state index in [1.54, 1.807) is 13.0 Å². The molecule has 0 aliphatic carbocycles. The number of ether oxygens (including phenoxy) is 2. The van der Waals surface area contributed by atoms with Crippen LogP contribution in [0, 0.1) is 5.92 Å². The molecule has 5 heteroatoms. The Bertz CT molecular complexity index is 380. The Kier molecular flexibility index (Phi) is 8.99. The summed E-state index contributed by atoms with van der Waals surface area (Å²) < 4.78 is 11.2. The molecular weight excluding hydrogens is 296 g/mol. The monoisotopic (exact) mass is 328 g/mol. The van der Waals surface area contributed by atoms with Crippen LogP contribution in [0.3, 0.4) is 0 Å². The van der Waals surface area contributed by atoms with Gasteiger partial charge in [0.05, 0.1) is 18.3 Å². The van der Waals surface area contributed by atoms with E-state index in [-0.39, 0.29) is 30.3 Å². The molecule has 1 rings (SSSR count). The fourth-order valence-electron chi connectivity index (χ4n) is 2.45. The number of carbonyl (C=O) groups is 1. The van der Waals surface area contributed by atoms with E-state index < -0.39 is 18.5 Å². The molecule has 0 amide bonds. The number of rotatable bonds is 9. The van der Waals surface area contributed by atoms with Crippen molar-refractivity contribution in [2.45, 2.75) is 90.5 Å². The summed E-state index contributed by atoms with van der Waals surface area (Å²) in [5, 5.41) is 19.5. The maximum absolute atomic E-state index is 11.4. The first-order valence-electron chi connectivity index (χ1n) is 8.68. The van der Waals surface area contributed by atoms with Gasteiger partial charge in [0.1, 0.15) is 6.10 Å². The van der Waals surface area contributed by atoms with Gasteiger partial charge in [0.25, 0.3) is 0 Å². The lowest BCUT2D eigenvalue weighted by molar-refractivity contribution is -0.273. The highest BCUT2D eigenvalue weighted by Gasteiger charge is 2.35. The first-order chi connectivity index (χ1) is 10.8. The maximum atomic E-state index is 11.4. The van der Waals surface area contributed by atoms with Gasteiger partial charge >= 0.3 is 0 Å². The van der Waals surface area contributed by atoms with E-state index in [4.69, 9.17) is 9.47 Å². The van der Waals surface area contributed by atoms with Crippen LogP contribution in [0.25, 0.3) is 0 Å². The minimum atomic E-state index is -0.784. The van der Waals surface area contributed by atoms with Crippen LogP contribution in [0.4, 0.5) is 0 Å². The second-order valence-electron chi connectivity index (χ2n) is 6.77. The van der Waals surface area contributed by atoms with E-state index in [0.29, 0.717) is 0 Å². The molecule has 3 unspecified atom stereocenters. The number of aliphatic hydroxyl groups is 2. The summed E-state index contributed by atoms with van der Waals surface area (Å²) in [5.74, 6) is 0.226. The molecule has 5 nitrogen and oxygen atoms in total. The summed E-state index contributed by atoms with van der Waals surface area (Å²) in [6.45, 7) is 7.53. The highest BCUT2D eigenvalue weighted by Crippen LogP contribution is 2.23. The van der Waals surface area contributed by atoms with Crippen molar-refractivity contribution in [2.75, 3.05) is 0 Å². The number of hydrogen-bond acceptors (Lipinski definition) is 5. The first-order valence-corrected chi connectivity index (χ1v) is 8.68. The second-order valence-corrected chi connectivity index (χ2v) is 6.77. The number of aliphatic hydroxyl groups excluding tert-OH is 2. The largest absolute Gasteiger partial charge is 0.390 e. The summed E-state index contributed by atoms with van der Waals surface area (Å²) in [7, 11) is 0. The van der Waals surface area contributed by atoms with E-state index in [2.05, 4.69) is 0 Å². The third kappa shape index (κ3) is 7.57. The van der Waals surface area contributed by atoms with Crippen molar-refractivity contribution in [1.82, 2.24) is 0 Å². The predicted molar refractivity (Wildman–Crippen MR) is 89.0 cm³/mol. The molecule has 0 aromatic carbocycles. The molecule has 1 aliphatic heterocycles. The number of unbranched alkanes of at least 4 members (excludes halogenated alkanes) is 2. The Hall–Kier alpha value is -0.750. The molecule has 1 aliphatic rings. The number of hydrogen-bond donors (Lipinski definition) is 2. The van der Waals surface area contributed by atoms with Crippen LogP contribution in [-0.4, -0.2) is 46.7 Å². The molecule has 5 atom stereocenters. The van der Waals surface area contributed by atoms with Crippen molar-refractivity contribution < 1.29 is 24.5 Å². The Morgan fingerprint density at radius 2 is 1.96 bits per heavy atom. The van der Waals surface area contributed by atoms with Crippen LogP contribution in [0.2, 0.25) is 0 Å². The molecule has 0 aromatic rings. The minimum Gasteiger partial charge on any atom is -0.390 e. The van der Waals surface area contributed by atoms with Gasteiger partial charge < -0.3 is 19.7 Å². The van der Waals surface area contributed by atoms with Crippen LogP contribution < -0.4 is 0 Å². The van der Waals surface area contributed by atoms with Gasteiger partial charge in [-0.05, 0) is 39.2 Å². The molecule has 23 heavy (non-hydrogen) atoms. The number of ketones is 1. The van der Waals surface area contributed by atoms with Crippen LogP contribution in [0.5, 0.6) is 0 Å². The van der Waals surface area contributed by atoms with Gasteiger partial charge in [0.2, 0.25) is 0 Å². The molecule has 0 bridgehead atoms. The van der Waals surface area contributed by atoms with Gasteiger partial charge in [-0.1, -0.05) is 26.3 Å². The number of allylic oxidation sites excluding steroid dienone is 2. The second kappa shape index (κ2) is 10.2. The predicted octanol–water partition coefficient (Wildman–Crippen LogP) is 2.59. The lowest BCUT2D eigenvalue weighted by Gasteiger charge is -2.36. The molecule has 0 saturated carbocycles. The molecule has 0 aromatic heterocycles. The van der Waals surface area contributed by atoms with Gasteiger partial charge in [0.15, 0.2) is 12.1 Å². The molecule has 1 saturated heterocycles. The van der Waals surface area contributed by atoms with E-state index in [0.717, 1.165) is 25.7 Å². The highest BCUT2D eigenvalue weighted by atomic mass is 16.7. The standard InChI is InChI=1S/C18H32O5/c1-12(2)15(19)10-8-6-5-7-9-13(3)22-18-17(21)11-16(20)14(4)23-18/h8,10,12-14,16-18,20-21H,5-7,9,11H2,1-4H3/b10-8+/t13?,14?,16-,17?,18-/m1/s1. The zero-order chi connectivity index (χ0) is 17.4. The van der Waals surface area contributed by atoms with Crippen molar-refractivity contribution in [1.29, 1.82) is 0 Å². The van der Waals surface area contributed by atoms with E-state index in [1.807, 2.05) is 26.8 Å². The van der Waals surface area contributed by atoms with Crippen molar-refractivity contribution in [3.8, 4) is 0 Å². The normalized spacial score (nSPS) is 30.0. The molecule has 134 valence electrons. The molecule has 0 spiro atoms. The smallest absolute Gasteiger partial charge is 0.184 e. The SMILES string of the molecule is CC(CCCC/C=C/C(=O)C(C)C)O[C@@H]1OC(C)[C@H](O)CC1O. The maximum Gasteiger partial charge on any atom is 0.184 e. The molecular formula is C18H32O5. The summed E-state index contributed by atoms with van der Waals surface area (Å²) in [5.41, 5.74) is 0. The van der Waals surface area contributed by atoms with Gasteiger partial charge in [0, 0.05) is 12.3 Å². The third-order valence-electron chi connectivity index (χ3n) is 4.14. The lowest BCUT2D eigenvalue weighted by atomic mass is 10.0. The van der Waals surface area contributed by atoms with E-state index in [9.17, 15) is 15.0 Å². The van der Waals surface area contributed by atoms with Crippen LogP contribution in [0.1, 0.15) is 59.8 Å². The Morgan fingerprint density at radius 1 is 1.26 bits per heavy atom. The average molecular weight is 328 g/mol. The van der Waals surface area contributed by atoms with Gasteiger partial charge in [-0.3, -0.25) is 4.79 Å². The minimum absolute atomic E-state index is 0.0154. The average Bonchev–Trinajstić information content (AvgIpc) is 2.47. The van der Waals surface area contributed by atoms with Gasteiger partial charge in [-0.25, -0.2) is 0 Å². The van der Waals surface area contributed by atoms with Gasteiger partial charge in [-0.15, -0.1) is 0 Å². The summed E-state index contributed by atoms with van der Waals surface area (Å²) in [6, 6.07) is 0. The molecule has 1 fully saturated rings. The molecule has 1 heterocycles. The lowest BCUT2D eigenvalue weighted by Crippen LogP contribution is -2.48. The number of carbonyl (C=O) groups excluding carboxylic acids is 1. The van der Waals surface area contributed by atoms with Crippen LogP contribution in [0.15, 0.2) is 12.2 Å². The zero-order valence-corrected chi connectivity index (χ0v) is 14.8. The van der Waals surface area contributed by atoms with E-state index in [1.165, 1.54) is 0 Å². The summed E-state index contributed by atoms with van der Waals surface area (Å²) in [6.07, 6.45) is 5.22. The Morgan fingerprint density at radius 3 is 2.61 bits per heavy atom.